The number of nitrogens with one attached hydrogen (secondary N) is 1. The Morgan fingerprint density at radius 3 is 2.79 bits per heavy atom. The SMILES string of the molecule is CCOc1ccccc1C(CO)NCc1cccs1. The maximum absolute atomic E-state index is 9.59. The van der Waals surface area contributed by atoms with Gasteiger partial charge in [0.15, 0.2) is 0 Å². The molecular formula is C15H19NO2S. The first kappa shape index (κ1) is 14.1. The van der Waals surface area contributed by atoms with Crippen LogP contribution in [0, 0.1) is 0 Å². The molecule has 2 rings (SSSR count). The van der Waals surface area contributed by atoms with Crippen LogP contribution < -0.4 is 10.1 Å². The molecule has 3 nitrogen and oxygen atoms in total. The molecule has 0 aliphatic heterocycles. The third kappa shape index (κ3) is 3.80. The summed E-state index contributed by atoms with van der Waals surface area (Å²) in [4.78, 5) is 1.26. The number of thiophene rings is 1. The number of aliphatic hydroxyl groups is 1. The van der Waals surface area contributed by atoms with Crippen molar-refractivity contribution in [2.45, 2.75) is 19.5 Å². The Balaban J connectivity index is 2.08. The number of aliphatic hydroxyl groups excluding tert-OH is 1. The lowest BCUT2D eigenvalue weighted by molar-refractivity contribution is 0.238. The van der Waals surface area contributed by atoms with Crippen molar-refractivity contribution in [1.29, 1.82) is 0 Å². The molecule has 1 heterocycles. The Hall–Kier alpha value is -1.36. The van der Waals surface area contributed by atoms with Gasteiger partial charge in [0.1, 0.15) is 5.75 Å². The van der Waals surface area contributed by atoms with E-state index in [0.717, 1.165) is 17.9 Å². The second-order valence-electron chi connectivity index (χ2n) is 4.17. The van der Waals surface area contributed by atoms with Gasteiger partial charge < -0.3 is 15.2 Å². The molecule has 0 aliphatic rings. The highest BCUT2D eigenvalue weighted by atomic mass is 32.1. The molecule has 0 fully saturated rings. The van der Waals surface area contributed by atoms with E-state index < -0.39 is 0 Å². The van der Waals surface area contributed by atoms with E-state index in [1.54, 1.807) is 11.3 Å². The lowest BCUT2D eigenvalue weighted by Crippen LogP contribution is -2.24. The monoisotopic (exact) mass is 277 g/mol. The first-order chi connectivity index (χ1) is 9.35. The number of ether oxygens (including phenoxy) is 1. The summed E-state index contributed by atoms with van der Waals surface area (Å²) in [5.74, 6) is 0.836. The highest BCUT2D eigenvalue weighted by molar-refractivity contribution is 7.09. The van der Waals surface area contributed by atoms with E-state index in [1.165, 1.54) is 4.88 Å². The molecule has 19 heavy (non-hydrogen) atoms. The zero-order chi connectivity index (χ0) is 13.5. The molecule has 0 bridgehead atoms. The minimum absolute atomic E-state index is 0.0511. The van der Waals surface area contributed by atoms with Crippen molar-refractivity contribution in [2.75, 3.05) is 13.2 Å². The standard InChI is InChI=1S/C15H19NO2S/c1-2-18-15-8-4-3-7-13(15)14(11-17)16-10-12-6-5-9-19-12/h3-9,14,16-17H,2,10-11H2,1H3. The van der Waals surface area contributed by atoms with Crippen LogP contribution in [-0.2, 0) is 6.54 Å². The fourth-order valence-electron chi connectivity index (χ4n) is 1.97. The van der Waals surface area contributed by atoms with Crippen molar-refractivity contribution in [3.05, 3.63) is 52.2 Å². The topological polar surface area (TPSA) is 41.5 Å². The predicted octanol–water partition coefficient (Wildman–Crippen LogP) is 2.97. The second kappa shape index (κ2) is 7.28. The maximum Gasteiger partial charge on any atom is 0.124 e. The molecule has 4 heteroatoms. The van der Waals surface area contributed by atoms with E-state index in [2.05, 4.69) is 16.8 Å². The van der Waals surface area contributed by atoms with Gasteiger partial charge in [0.25, 0.3) is 0 Å². The molecule has 102 valence electrons. The summed E-state index contributed by atoms with van der Waals surface area (Å²) in [5.41, 5.74) is 1.00. The van der Waals surface area contributed by atoms with Crippen LogP contribution in [0.4, 0.5) is 0 Å². The molecular weight excluding hydrogens is 258 g/mol. The van der Waals surface area contributed by atoms with Crippen molar-refractivity contribution >= 4 is 11.3 Å². The van der Waals surface area contributed by atoms with Gasteiger partial charge in [-0.3, -0.25) is 0 Å². The predicted molar refractivity (Wildman–Crippen MR) is 78.6 cm³/mol. The number of hydrogen-bond acceptors (Lipinski definition) is 4. The average Bonchev–Trinajstić information content (AvgIpc) is 2.95. The van der Waals surface area contributed by atoms with Crippen LogP contribution in [-0.4, -0.2) is 18.3 Å². The number of rotatable bonds is 7. The summed E-state index contributed by atoms with van der Waals surface area (Å²) in [5, 5.41) is 15.0. The van der Waals surface area contributed by atoms with Gasteiger partial charge >= 0.3 is 0 Å². The molecule has 0 saturated carbocycles. The highest BCUT2D eigenvalue weighted by Crippen LogP contribution is 2.25. The van der Waals surface area contributed by atoms with Gasteiger partial charge in [0, 0.05) is 17.0 Å². The van der Waals surface area contributed by atoms with E-state index in [4.69, 9.17) is 4.74 Å². The number of benzene rings is 1. The first-order valence-corrected chi connectivity index (χ1v) is 7.31. The Labute approximate surface area is 117 Å². The lowest BCUT2D eigenvalue weighted by atomic mass is 10.1. The zero-order valence-corrected chi connectivity index (χ0v) is 11.8. The van der Waals surface area contributed by atoms with Gasteiger partial charge in [0.2, 0.25) is 0 Å². The van der Waals surface area contributed by atoms with Gasteiger partial charge in [0.05, 0.1) is 19.3 Å². The molecule has 0 saturated heterocycles. The van der Waals surface area contributed by atoms with Crippen LogP contribution in [0.25, 0.3) is 0 Å². The summed E-state index contributed by atoms with van der Waals surface area (Å²) < 4.78 is 5.61. The third-order valence-electron chi connectivity index (χ3n) is 2.88. The molecule has 2 N–H and O–H groups in total. The first-order valence-electron chi connectivity index (χ1n) is 6.43. The number of para-hydroxylation sites is 1. The Kier molecular flexibility index (Phi) is 5.39. The van der Waals surface area contributed by atoms with E-state index in [1.807, 2.05) is 37.3 Å². The lowest BCUT2D eigenvalue weighted by Gasteiger charge is -2.19. The molecule has 0 amide bonds. The minimum atomic E-state index is -0.107. The largest absolute Gasteiger partial charge is 0.494 e. The molecule has 1 aromatic heterocycles. The fourth-order valence-corrected chi connectivity index (χ4v) is 2.62. The normalized spacial score (nSPS) is 12.3. The van der Waals surface area contributed by atoms with E-state index in [9.17, 15) is 5.11 Å². The van der Waals surface area contributed by atoms with E-state index in [0.29, 0.717) is 6.61 Å². The summed E-state index contributed by atoms with van der Waals surface area (Å²) in [6, 6.07) is 11.9. The molecule has 2 aromatic rings. The maximum atomic E-state index is 9.59. The Morgan fingerprint density at radius 1 is 1.26 bits per heavy atom. The highest BCUT2D eigenvalue weighted by Gasteiger charge is 2.14. The molecule has 0 spiro atoms. The molecule has 1 unspecified atom stereocenters. The van der Waals surface area contributed by atoms with Crippen LogP contribution >= 0.6 is 11.3 Å². The van der Waals surface area contributed by atoms with Crippen LogP contribution in [0.15, 0.2) is 41.8 Å². The van der Waals surface area contributed by atoms with Crippen molar-refractivity contribution < 1.29 is 9.84 Å². The van der Waals surface area contributed by atoms with Crippen LogP contribution in [0.2, 0.25) is 0 Å². The molecule has 0 aliphatic carbocycles. The van der Waals surface area contributed by atoms with Crippen LogP contribution in [0.3, 0.4) is 0 Å². The average molecular weight is 277 g/mol. The van der Waals surface area contributed by atoms with Crippen molar-refractivity contribution in [3.63, 3.8) is 0 Å². The van der Waals surface area contributed by atoms with Crippen molar-refractivity contribution in [1.82, 2.24) is 5.32 Å². The Bertz CT molecular complexity index is 485. The van der Waals surface area contributed by atoms with Gasteiger partial charge in [-0.25, -0.2) is 0 Å². The van der Waals surface area contributed by atoms with Gasteiger partial charge in [-0.05, 0) is 24.4 Å². The van der Waals surface area contributed by atoms with E-state index in [-0.39, 0.29) is 12.6 Å². The summed E-state index contributed by atoms with van der Waals surface area (Å²) in [6.07, 6.45) is 0. The minimum Gasteiger partial charge on any atom is -0.494 e. The van der Waals surface area contributed by atoms with Crippen LogP contribution in [0.1, 0.15) is 23.4 Å². The number of hydrogen-bond donors (Lipinski definition) is 2. The summed E-state index contributed by atoms with van der Waals surface area (Å²) in [6.45, 7) is 3.39. The van der Waals surface area contributed by atoms with E-state index >= 15 is 0 Å². The summed E-state index contributed by atoms with van der Waals surface area (Å²) >= 11 is 1.71. The van der Waals surface area contributed by atoms with Gasteiger partial charge in [-0.2, -0.15) is 0 Å². The van der Waals surface area contributed by atoms with Gasteiger partial charge in [-0.15, -0.1) is 11.3 Å². The van der Waals surface area contributed by atoms with Gasteiger partial charge in [-0.1, -0.05) is 24.3 Å². The van der Waals surface area contributed by atoms with Crippen molar-refractivity contribution in [3.8, 4) is 5.75 Å². The van der Waals surface area contributed by atoms with Crippen molar-refractivity contribution in [2.24, 2.45) is 0 Å². The molecule has 0 radical (unpaired) electrons. The molecule has 1 atom stereocenters. The third-order valence-corrected chi connectivity index (χ3v) is 3.76. The Morgan fingerprint density at radius 2 is 2.11 bits per heavy atom. The smallest absolute Gasteiger partial charge is 0.124 e. The quantitative estimate of drug-likeness (QED) is 0.817. The fraction of sp³-hybridized carbons (Fsp3) is 0.333. The second-order valence-corrected chi connectivity index (χ2v) is 5.20. The zero-order valence-electron chi connectivity index (χ0n) is 11.0. The summed E-state index contributed by atoms with van der Waals surface area (Å²) in [7, 11) is 0. The van der Waals surface area contributed by atoms with Crippen LogP contribution in [0.5, 0.6) is 5.75 Å². The molecule has 1 aromatic carbocycles.